The summed E-state index contributed by atoms with van der Waals surface area (Å²) in [5.74, 6) is 1.36. The van der Waals surface area contributed by atoms with Crippen molar-refractivity contribution in [2.75, 3.05) is 20.1 Å². The van der Waals surface area contributed by atoms with Crippen LogP contribution in [0.4, 0.5) is 0 Å². The van der Waals surface area contributed by atoms with Crippen molar-refractivity contribution in [3.63, 3.8) is 0 Å². The summed E-state index contributed by atoms with van der Waals surface area (Å²) in [5, 5.41) is 0.508. The summed E-state index contributed by atoms with van der Waals surface area (Å²) in [5.41, 5.74) is 5.20. The normalized spacial score (nSPS) is 11.2. The van der Waals surface area contributed by atoms with Crippen molar-refractivity contribution >= 4 is 11.5 Å². The van der Waals surface area contributed by atoms with Crippen LogP contribution in [0.15, 0.2) is 24.5 Å². The van der Waals surface area contributed by atoms with Crippen LogP contribution in [0.1, 0.15) is 29.3 Å². The van der Waals surface area contributed by atoms with Gasteiger partial charge in [0, 0.05) is 24.3 Å². The highest BCUT2D eigenvalue weighted by Crippen LogP contribution is 2.30. The molecule has 1 aromatic carbocycles. The second-order valence-electron chi connectivity index (χ2n) is 6.72. The van der Waals surface area contributed by atoms with E-state index in [4.69, 9.17) is 4.74 Å². The monoisotopic (exact) mass is 383 g/mol. The maximum Gasteiger partial charge on any atom is 0.299 e. The molecule has 3 aromatic rings. The highest BCUT2D eigenvalue weighted by atomic mass is 32.1. The first-order chi connectivity index (χ1) is 13.0. The molecule has 142 valence electrons. The van der Waals surface area contributed by atoms with Gasteiger partial charge in [-0.2, -0.15) is 9.36 Å². The molecular formula is C20H25N5OS. The number of benzene rings is 1. The Morgan fingerprint density at radius 2 is 1.89 bits per heavy atom. The first-order valence-corrected chi connectivity index (χ1v) is 9.83. The van der Waals surface area contributed by atoms with Crippen molar-refractivity contribution in [1.82, 2.24) is 24.2 Å². The van der Waals surface area contributed by atoms with E-state index in [-0.39, 0.29) is 0 Å². The van der Waals surface area contributed by atoms with E-state index in [1.54, 1.807) is 12.4 Å². The maximum atomic E-state index is 6.00. The number of likely N-dealkylation sites (N-methyl/N-ethyl adjacent to an activating group) is 1. The summed E-state index contributed by atoms with van der Waals surface area (Å²) in [6.45, 7) is 10.4. The van der Waals surface area contributed by atoms with Gasteiger partial charge in [0.15, 0.2) is 5.82 Å². The summed E-state index contributed by atoms with van der Waals surface area (Å²) < 4.78 is 10.3. The zero-order valence-electron chi connectivity index (χ0n) is 16.5. The molecule has 0 radical (unpaired) electrons. The van der Waals surface area contributed by atoms with E-state index in [1.807, 2.05) is 6.92 Å². The third kappa shape index (κ3) is 4.87. The van der Waals surface area contributed by atoms with Gasteiger partial charge in [0.05, 0.1) is 11.9 Å². The zero-order valence-corrected chi connectivity index (χ0v) is 17.3. The fourth-order valence-corrected chi connectivity index (χ4v) is 3.21. The maximum absolute atomic E-state index is 6.00. The van der Waals surface area contributed by atoms with Crippen molar-refractivity contribution in [3.8, 4) is 22.5 Å². The molecule has 0 aliphatic rings. The van der Waals surface area contributed by atoms with E-state index in [9.17, 15) is 0 Å². The second-order valence-corrected chi connectivity index (χ2v) is 7.43. The minimum atomic E-state index is 0.508. The van der Waals surface area contributed by atoms with Crippen LogP contribution in [-0.4, -0.2) is 44.4 Å². The van der Waals surface area contributed by atoms with Gasteiger partial charge in [-0.25, -0.2) is 4.98 Å². The molecule has 0 N–H and O–H groups in total. The van der Waals surface area contributed by atoms with Gasteiger partial charge in [-0.15, -0.1) is 0 Å². The number of aryl methyl sites for hydroxylation is 3. The average Bonchev–Trinajstić information content (AvgIpc) is 3.12. The van der Waals surface area contributed by atoms with E-state index >= 15 is 0 Å². The van der Waals surface area contributed by atoms with Crippen molar-refractivity contribution in [2.24, 2.45) is 0 Å². The third-order valence-electron chi connectivity index (χ3n) is 4.55. The lowest BCUT2D eigenvalue weighted by Crippen LogP contribution is -2.20. The summed E-state index contributed by atoms with van der Waals surface area (Å²) >= 11 is 1.22. The van der Waals surface area contributed by atoms with Gasteiger partial charge in [-0.1, -0.05) is 13.0 Å². The van der Waals surface area contributed by atoms with Gasteiger partial charge in [-0.05, 0) is 63.5 Å². The number of hydrogen-bond acceptors (Lipinski definition) is 7. The lowest BCUT2D eigenvalue weighted by atomic mass is 10.0. The fourth-order valence-electron chi connectivity index (χ4n) is 2.66. The number of aromatic nitrogens is 4. The van der Waals surface area contributed by atoms with Gasteiger partial charge in [0.25, 0.3) is 5.19 Å². The lowest BCUT2D eigenvalue weighted by molar-refractivity contribution is 0.357. The molecule has 7 heteroatoms. The molecule has 0 spiro atoms. The van der Waals surface area contributed by atoms with E-state index in [0.29, 0.717) is 16.7 Å². The number of rotatable bonds is 7. The number of hydrogen-bond donors (Lipinski definition) is 0. The Kier molecular flexibility index (Phi) is 6.13. The molecule has 0 saturated heterocycles. The molecule has 2 heterocycles. The van der Waals surface area contributed by atoms with Gasteiger partial charge in [0.1, 0.15) is 11.4 Å². The summed E-state index contributed by atoms with van der Waals surface area (Å²) in [6.07, 6.45) is 4.42. The Bertz CT molecular complexity index is 907. The predicted molar refractivity (Wildman–Crippen MR) is 109 cm³/mol. The van der Waals surface area contributed by atoms with Crippen molar-refractivity contribution in [3.05, 3.63) is 46.9 Å². The fraction of sp³-hybridized carbons (Fsp3) is 0.400. The summed E-state index contributed by atoms with van der Waals surface area (Å²) in [4.78, 5) is 15.3. The van der Waals surface area contributed by atoms with Gasteiger partial charge in [0.2, 0.25) is 0 Å². The van der Waals surface area contributed by atoms with Crippen LogP contribution >= 0.6 is 11.5 Å². The minimum Gasteiger partial charge on any atom is -0.430 e. The molecule has 0 saturated carbocycles. The smallest absolute Gasteiger partial charge is 0.299 e. The zero-order chi connectivity index (χ0) is 19.4. The first-order valence-electron chi connectivity index (χ1n) is 9.05. The van der Waals surface area contributed by atoms with Crippen molar-refractivity contribution < 1.29 is 4.74 Å². The second kappa shape index (κ2) is 8.54. The Morgan fingerprint density at radius 3 is 2.59 bits per heavy atom. The van der Waals surface area contributed by atoms with E-state index in [2.05, 4.69) is 64.2 Å². The molecule has 0 unspecified atom stereocenters. The predicted octanol–water partition coefficient (Wildman–Crippen LogP) is 4.21. The van der Waals surface area contributed by atoms with E-state index in [1.165, 1.54) is 22.7 Å². The number of nitrogens with zero attached hydrogens (tertiary/aromatic N) is 5. The highest BCUT2D eigenvalue weighted by molar-refractivity contribution is 7.07. The molecule has 0 aliphatic carbocycles. The Hall–Kier alpha value is -2.38. The number of ether oxygens (including phenoxy) is 1. The molecule has 6 nitrogen and oxygen atoms in total. The molecule has 27 heavy (non-hydrogen) atoms. The quantitative estimate of drug-likeness (QED) is 0.609. The van der Waals surface area contributed by atoms with Crippen LogP contribution in [0.2, 0.25) is 0 Å². The van der Waals surface area contributed by atoms with Gasteiger partial charge < -0.3 is 9.64 Å². The van der Waals surface area contributed by atoms with E-state index in [0.717, 1.165) is 36.5 Å². The average molecular weight is 384 g/mol. The minimum absolute atomic E-state index is 0.508. The summed E-state index contributed by atoms with van der Waals surface area (Å²) in [6, 6.07) is 4.30. The molecule has 0 atom stereocenters. The summed E-state index contributed by atoms with van der Waals surface area (Å²) in [7, 11) is 2.14. The van der Waals surface area contributed by atoms with E-state index < -0.39 is 0 Å². The van der Waals surface area contributed by atoms with Crippen LogP contribution in [0, 0.1) is 20.8 Å². The van der Waals surface area contributed by atoms with Crippen LogP contribution in [0.25, 0.3) is 11.5 Å². The highest BCUT2D eigenvalue weighted by Gasteiger charge is 2.13. The standard InChI is InChI=1S/C20H25N5OS/c1-6-25(5)8-7-16-9-14(3)18(10-13(16)2)26-20-23-19(24-27-20)17-12-21-15(4)11-22-17/h9-12H,6-8H2,1-5H3. The molecule has 2 aromatic heterocycles. The Labute approximate surface area is 164 Å². The first kappa shape index (κ1) is 19.4. The Morgan fingerprint density at radius 1 is 1.07 bits per heavy atom. The van der Waals surface area contributed by atoms with Crippen LogP contribution in [0.5, 0.6) is 10.9 Å². The largest absolute Gasteiger partial charge is 0.430 e. The third-order valence-corrected chi connectivity index (χ3v) is 5.15. The molecule has 0 amide bonds. The van der Waals surface area contributed by atoms with Gasteiger partial charge in [-0.3, -0.25) is 4.98 Å². The topological polar surface area (TPSA) is 64.0 Å². The van der Waals surface area contributed by atoms with Crippen LogP contribution in [-0.2, 0) is 6.42 Å². The Balaban J connectivity index is 1.74. The SMILES string of the molecule is CCN(C)CCc1cc(C)c(Oc2nc(-c3cnc(C)cn3)ns2)cc1C. The van der Waals surface area contributed by atoms with Crippen LogP contribution < -0.4 is 4.74 Å². The lowest BCUT2D eigenvalue weighted by Gasteiger charge is -2.16. The van der Waals surface area contributed by atoms with Gasteiger partial charge >= 0.3 is 0 Å². The molecule has 3 rings (SSSR count). The molecular weight excluding hydrogens is 358 g/mol. The van der Waals surface area contributed by atoms with Crippen molar-refractivity contribution in [2.45, 2.75) is 34.1 Å². The van der Waals surface area contributed by atoms with Crippen molar-refractivity contribution in [1.29, 1.82) is 0 Å². The van der Waals surface area contributed by atoms with Crippen LogP contribution in [0.3, 0.4) is 0 Å². The molecule has 0 bridgehead atoms. The molecule has 0 aliphatic heterocycles. The molecule has 0 fully saturated rings.